The van der Waals surface area contributed by atoms with Crippen molar-refractivity contribution in [3.8, 4) is 0 Å². The lowest BCUT2D eigenvalue weighted by Crippen LogP contribution is -2.48. The number of anilines is 1. The molecule has 6 nitrogen and oxygen atoms in total. The summed E-state index contributed by atoms with van der Waals surface area (Å²) in [7, 11) is -4.25. The summed E-state index contributed by atoms with van der Waals surface area (Å²) in [5.41, 5.74) is -0.383. The average Bonchev–Trinajstić information content (AvgIpc) is 3.12. The van der Waals surface area contributed by atoms with Crippen LogP contribution < -0.4 is 4.90 Å². The fraction of sp³-hybridized carbons (Fsp3) is 0.294. The highest BCUT2D eigenvalue weighted by Gasteiger charge is 2.39. The molecule has 2 aromatic heterocycles. The van der Waals surface area contributed by atoms with Crippen LogP contribution >= 0.6 is 11.3 Å². The summed E-state index contributed by atoms with van der Waals surface area (Å²) in [6, 6.07) is 7.90. The van der Waals surface area contributed by atoms with Crippen LogP contribution in [-0.2, 0) is 16.2 Å². The first-order valence-corrected chi connectivity index (χ1v) is 10.7. The molecule has 0 spiro atoms. The van der Waals surface area contributed by atoms with Crippen LogP contribution in [0.5, 0.6) is 0 Å². The number of piperazine rings is 1. The molecule has 1 aromatic carbocycles. The van der Waals surface area contributed by atoms with Crippen molar-refractivity contribution in [1.82, 2.24) is 14.3 Å². The van der Waals surface area contributed by atoms with Crippen molar-refractivity contribution in [3.63, 3.8) is 0 Å². The summed E-state index contributed by atoms with van der Waals surface area (Å²) < 4.78 is 66.4. The topological polar surface area (TPSA) is 66.4 Å². The fourth-order valence-corrected chi connectivity index (χ4v) is 5.67. The van der Waals surface area contributed by atoms with Crippen LogP contribution in [0.4, 0.5) is 18.3 Å². The number of halogens is 3. The minimum Gasteiger partial charge on any atom is -0.345 e. The second-order valence-corrected chi connectivity index (χ2v) is 9.07. The van der Waals surface area contributed by atoms with Gasteiger partial charge in [-0.1, -0.05) is 23.5 Å². The number of pyridine rings is 1. The predicted molar refractivity (Wildman–Crippen MR) is 99.8 cm³/mol. The number of alkyl halides is 3. The summed E-state index contributed by atoms with van der Waals surface area (Å²) in [5.74, 6) is 0. The second-order valence-electron chi connectivity index (χ2n) is 6.21. The average molecular weight is 428 g/mol. The molecule has 0 unspecified atom stereocenters. The Labute approximate surface area is 163 Å². The highest BCUT2D eigenvalue weighted by molar-refractivity contribution is 7.89. The van der Waals surface area contributed by atoms with Crippen molar-refractivity contribution in [2.75, 3.05) is 31.1 Å². The number of thiazole rings is 1. The molecule has 0 aliphatic carbocycles. The van der Waals surface area contributed by atoms with Gasteiger partial charge >= 0.3 is 6.18 Å². The quantitative estimate of drug-likeness (QED) is 0.641. The van der Waals surface area contributed by atoms with Crippen molar-refractivity contribution in [2.45, 2.75) is 11.1 Å². The number of fused-ring (bicyclic) bond motifs is 1. The normalized spacial score (nSPS) is 16.6. The molecule has 0 amide bonds. The van der Waals surface area contributed by atoms with Gasteiger partial charge in [-0.05, 0) is 24.3 Å². The molecule has 0 N–H and O–H groups in total. The van der Waals surface area contributed by atoms with E-state index < -0.39 is 26.7 Å². The third-order valence-electron chi connectivity index (χ3n) is 4.47. The first kappa shape index (κ1) is 19.1. The first-order chi connectivity index (χ1) is 13.3. The number of sulfonamides is 1. The van der Waals surface area contributed by atoms with Gasteiger partial charge in [0.25, 0.3) is 0 Å². The third-order valence-corrected chi connectivity index (χ3v) is 7.47. The monoisotopic (exact) mass is 428 g/mol. The molecular formula is C17H15F3N4O2S2. The van der Waals surface area contributed by atoms with E-state index in [0.29, 0.717) is 13.1 Å². The van der Waals surface area contributed by atoms with Gasteiger partial charge < -0.3 is 4.90 Å². The SMILES string of the molecule is O=S(=O)(c1ccccc1C(F)(F)F)N1CCN(c2nc3cccnc3s2)CC1. The molecular weight excluding hydrogens is 413 g/mol. The van der Waals surface area contributed by atoms with Crippen molar-refractivity contribution >= 4 is 36.8 Å². The summed E-state index contributed by atoms with van der Waals surface area (Å²) in [4.78, 5) is 10.7. The van der Waals surface area contributed by atoms with Crippen LogP contribution in [0, 0.1) is 0 Å². The second kappa shape index (κ2) is 6.98. The molecule has 11 heteroatoms. The molecule has 28 heavy (non-hydrogen) atoms. The van der Waals surface area contributed by atoms with E-state index in [1.807, 2.05) is 11.0 Å². The third kappa shape index (κ3) is 3.45. The molecule has 0 bridgehead atoms. The van der Waals surface area contributed by atoms with E-state index in [0.717, 1.165) is 31.9 Å². The zero-order valence-electron chi connectivity index (χ0n) is 14.4. The van der Waals surface area contributed by atoms with Gasteiger partial charge in [-0.15, -0.1) is 0 Å². The molecule has 3 aromatic rings. The standard InChI is InChI=1S/C17H15F3N4O2S2/c18-17(19,20)12-4-1-2-6-14(12)28(25,26)24-10-8-23(9-11-24)16-22-13-5-3-7-21-15(13)27-16/h1-7H,8-11H2. The van der Waals surface area contributed by atoms with Crippen molar-refractivity contribution < 1.29 is 21.6 Å². The zero-order chi connectivity index (χ0) is 19.9. The summed E-state index contributed by atoms with van der Waals surface area (Å²) in [6.07, 6.45) is -3.06. The van der Waals surface area contributed by atoms with Crippen LogP contribution in [0.25, 0.3) is 10.3 Å². The van der Waals surface area contributed by atoms with Crippen LogP contribution in [0.2, 0.25) is 0 Å². The number of hydrogen-bond acceptors (Lipinski definition) is 6. The van der Waals surface area contributed by atoms with Crippen molar-refractivity contribution in [2.24, 2.45) is 0 Å². The first-order valence-electron chi connectivity index (χ1n) is 8.40. The predicted octanol–water partition coefficient (Wildman–Crippen LogP) is 3.22. The highest BCUT2D eigenvalue weighted by Crippen LogP contribution is 2.35. The Morgan fingerprint density at radius 1 is 1.00 bits per heavy atom. The van der Waals surface area contributed by atoms with Gasteiger partial charge in [-0.3, -0.25) is 0 Å². The number of rotatable bonds is 3. The smallest absolute Gasteiger partial charge is 0.345 e. The fourth-order valence-electron chi connectivity index (χ4n) is 3.08. The van der Waals surface area contributed by atoms with Gasteiger partial charge in [0, 0.05) is 32.4 Å². The van der Waals surface area contributed by atoms with E-state index >= 15 is 0 Å². The van der Waals surface area contributed by atoms with Crippen LogP contribution in [0.1, 0.15) is 5.56 Å². The molecule has 0 radical (unpaired) electrons. The maximum atomic E-state index is 13.2. The number of aromatic nitrogens is 2. The van der Waals surface area contributed by atoms with Crippen LogP contribution in [-0.4, -0.2) is 48.9 Å². The summed E-state index contributed by atoms with van der Waals surface area (Å²) >= 11 is 1.40. The molecule has 1 fully saturated rings. The Morgan fingerprint density at radius 3 is 2.39 bits per heavy atom. The van der Waals surface area contributed by atoms with Gasteiger partial charge in [0.2, 0.25) is 10.0 Å². The van der Waals surface area contributed by atoms with Gasteiger partial charge in [-0.25, -0.2) is 18.4 Å². The molecule has 0 atom stereocenters. The maximum absolute atomic E-state index is 13.2. The van der Waals surface area contributed by atoms with E-state index in [9.17, 15) is 21.6 Å². The van der Waals surface area contributed by atoms with E-state index in [1.54, 1.807) is 12.3 Å². The van der Waals surface area contributed by atoms with E-state index in [-0.39, 0.29) is 13.1 Å². The van der Waals surface area contributed by atoms with Gasteiger partial charge in [0.15, 0.2) is 5.13 Å². The lowest BCUT2D eigenvalue weighted by atomic mass is 10.2. The van der Waals surface area contributed by atoms with Crippen LogP contribution in [0.15, 0.2) is 47.5 Å². The maximum Gasteiger partial charge on any atom is 0.417 e. The molecule has 1 saturated heterocycles. The number of benzene rings is 1. The Hall–Kier alpha value is -2.24. The lowest BCUT2D eigenvalue weighted by molar-refractivity contribution is -0.139. The molecule has 1 aliphatic heterocycles. The minimum atomic E-state index is -4.74. The number of nitrogens with zero attached hydrogens (tertiary/aromatic N) is 4. The van der Waals surface area contributed by atoms with E-state index in [4.69, 9.17) is 0 Å². The molecule has 148 valence electrons. The molecule has 1 aliphatic rings. The van der Waals surface area contributed by atoms with Crippen LogP contribution in [0.3, 0.4) is 0 Å². The molecule has 3 heterocycles. The van der Waals surface area contributed by atoms with E-state index in [2.05, 4.69) is 9.97 Å². The summed E-state index contributed by atoms with van der Waals surface area (Å²) in [6.45, 7) is 0.843. The Morgan fingerprint density at radius 2 is 1.71 bits per heavy atom. The summed E-state index contributed by atoms with van der Waals surface area (Å²) in [5, 5.41) is 0.724. The highest BCUT2D eigenvalue weighted by atomic mass is 32.2. The van der Waals surface area contributed by atoms with E-state index in [1.165, 1.54) is 23.5 Å². The van der Waals surface area contributed by atoms with Gasteiger partial charge in [-0.2, -0.15) is 17.5 Å². The lowest BCUT2D eigenvalue weighted by Gasteiger charge is -2.34. The van der Waals surface area contributed by atoms with Crippen molar-refractivity contribution in [3.05, 3.63) is 48.2 Å². The number of hydrogen-bond donors (Lipinski definition) is 0. The van der Waals surface area contributed by atoms with Gasteiger partial charge in [0.1, 0.15) is 10.3 Å². The largest absolute Gasteiger partial charge is 0.417 e. The molecule has 0 saturated carbocycles. The Kier molecular flexibility index (Phi) is 4.76. The van der Waals surface area contributed by atoms with Gasteiger partial charge in [0.05, 0.1) is 10.5 Å². The Bertz CT molecular complexity index is 1070. The Balaban J connectivity index is 1.55. The minimum absolute atomic E-state index is 0.0812. The molecule has 4 rings (SSSR count). The van der Waals surface area contributed by atoms with Crippen molar-refractivity contribution in [1.29, 1.82) is 0 Å². The zero-order valence-corrected chi connectivity index (χ0v) is 16.1.